The van der Waals surface area contributed by atoms with Gasteiger partial charge in [0.05, 0.1) is 6.61 Å². The maximum absolute atomic E-state index is 11.5. The van der Waals surface area contributed by atoms with Crippen LogP contribution in [0.4, 0.5) is 0 Å². The summed E-state index contributed by atoms with van der Waals surface area (Å²) in [4.78, 5) is 11.5. The van der Waals surface area contributed by atoms with Crippen molar-refractivity contribution in [1.29, 1.82) is 0 Å². The highest BCUT2D eigenvalue weighted by atomic mass is 16.6. The first kappa shape index (κ1) is 11.1. The van der Waals surface area contributed by atoms with E-state index in [4.69, 9.17) is 9.47 Å². The number of carbonyl (C=O) groups excluding carboxylic acids is 1. The topological polar surface area (TPSA) is 35.5 Å². The van der Waals surface area contributed by atoms with Crippen LogP contribution in [0, 0.1) is 0 Å². The van der Waals surface area contributed by atoms with Crippen LogP contribution < -0.4 is 0 Å². The summed E-state index contributed by atoms with van der Waals surface area (Å²) in [5.41, 5.74) is 0.679. The van der Waals surface area contributed by atoms with E-state index in [1.165, 1.54) is 0 Å². The summed E-state index contributed by atoms with van der Waals surface area (Å²) < 4.78 is 10.7. The summed E-state index contributed by atoms with van der Waals surface area (Å²) in [6, 6.07) is 9.82. The van der Waals surface area contributed by atoms with Gasteiger partial charge >= 0.3 is 5.97 Å². The van der Waals surface area contributed by atoms with Crippen LogP contribution >= 0.6 is 0 Å². The lowest BCUT2D eigenvalue weighted by Gasteiger charge is -2.14. The zero-order chi connectivity index (χ0) is 11.6. The summed E-state index contributed by atoms with van der Waals surface area (Å²) in [6.45, 7) is 4.25. The van der Waals surface area contributed by atoms with Crippen molar-refractivity contribution in [3.8, 4) is 0 Å². The summed E-state index contributed by atoms with van der Waals surface area (Å²) in [7, 11) is 0. The molecule has 0 N–H and O–H groups in total. The van der Waals surface area contributed by atoms with E-state index in [0.717, 1.165) is 5.56 Å². The maximum Gasteiger partial charge on any atom is 0.335 e. The SMILES string of the molecule is CC1(C)CC(OCc2ccccc2)C(=O)O1. The van der Waals surface area contributed by atoms with E-state index < -0.39 is 11.7 Å². The molecule has 0 radical (unpaired) electrons. The van der Waals surface area contributed by atoms with Gasteiger partial charge in [0.2, 0.25) is 0 Å². The number of ether oxygens (including phenoxy) is 2. The molecule has 0 aliphatic carbocycles. The zero-order valence-corrected chi connectivity index (χ0v) is 9.60. The lowest BCUT2D eigenvalue weighted by atomic mass is 10.0. The molecule has 0 spiro atoms. The Labute approximate surface area is 95.4 Å². The van der Waals surface area contributed by atoms with E-state index in [9.17, 15) is 4.79 Å². The molecule has 86 valence electrons. The molecule has 1 saturated heterocycles. The molecular weight excluding hydrogens is 204 g/mol. The van der Waals surface area contributed by atoms with Crippen LogP contribution in [0.1, 0.15) is 25.8 Å². The third-order valence-corrected chi connectivity index (χ3v) is 2.61. The molecule has 16 heavy (non-hydrogen) atoms. The third kappa shape index (κ3) is 2.61. The van der Waals surface area contributed by atoms with Crippen molar-refractivity contribution in [3.63, 3.8) is 0 Å². The third-order valence-electron chi connectivity index (χ3n) is 2.61. The molecule has 0 amide bonds. The number of carbonyl (C=O) groups is 1. The van der Waals surface area contributed by atoms with Gasteiger partial charge in [-0.25, -0.2) is 4.79 Å². The predicted octanol–water partition coefficient (Wildman–Crippen LogP) is 2.30. The van der Waals surface area contributed by atoms with Gasteiger partial charge in [-0.05, 0) is 19.4 Å². The van der Waals surface area contributed by atoms with Crippen LogP contribution in [0.5, 0.6) is 0 Å². The molecule has 2 rings (SSSR count). The lowest BCUT2D eigenvalue weighted by Crippen LogP contribution is -2.19. The van der Waals surface area contributed by atoms with E-state index in [0.29, 0.717) is 13.0 Å². The fraction of sp³-hybridized carbons (Fsp3) is 0.462. The van der Waals surface area contributed by atoms with Crippen molar-refractivity contribution >= 4 is 5.97 Å². The van der Waals surface area contributed by atoms with Crippen LogP contribution in [0.2, 0.25) is 0 Å². The molecule has 0 saturated carbocycles. The molecule has 1 aromatic rings. The van der Waals surface area contributed by atoms with Gasteiger partial charge in [0.15, 0.2) is 6.10 Å². The highest BCUT2D eigenvalue weighted by Gasteiger charge is 2.40. The highest BCUT2D eigenvalue weighted by molar-refractivity contribution is 5.77. The standard InChI is InChI=1S/C13H16O3/c1-13(2)8-11(12(14)16-13)15-9-10-6-4-3-5-7-10/h3-7,11H,8-9H2,1-2H3. The smallest absolute Gasteiger partial charge is 0.335 e. The maximum atomic E-state index is 11.5. The Morgan fingerprint density at radius 2 is 2.06 bits per heavy atom. The second-order valence-electron chi connectivity index (χ2n) is 4.67. The van der Waals surface area contributed by atoms with Gasteiger partial charge in [-0.3, -0.25) is 0 Å². The van der Waals surface area contributed by atoms with Crippen molar-refractivity contribution < 1.29 is 14.3 Å². The number of hydrogen-bond donors (Lipinski definition) is 0. The molecule has 1 aliphatic heterocycles. The molecule has 1 atom stereocenters. The predicted molar refractivity (Wildman–Crippen MR) is 59.8 cm³/mol. The number of benzene rings is 1. The summed E-state index contributed by atoms with van der Waals surface area (Å²) in [6.07, 6.45) is 0.203. The number of hydrogen-bond acceptors (Lipinski definition) is 3. The fourth-order valence-electron chi connectivity index (χ4n) is 1.81. The average molecular weight is 220 g/mol. The Bertz CT molecular complexity index is 370. The van der Waals surface area contributed by atoms with E-state index in [2.05, 4.69) is 0 Å². The van der Waals surface area contributed by atoms with E-state index in [1.807, 2.05) is 44.2 Å². The molecule has 3 nitrogen and oxygen atoms in total. The molecule has 1 fully saturated rings. The first-order chi connectivity index (χ1) is 7.57. The van der Waals surface area contributed by atoms with Crippen LogP contribution in [0.3, 0.4) is 0 Å². The number of rotatable bonds is 3. The Morgan fingerprint density at radius 1 is 1.38 bits per heavy atom. The van der Waals surface area contributed by atoms with Crippen molar-refractivity contribution in [3.05, 3.63) is 35.9 Å². The Morgan fingerprint density at radius 3 is 2.62 bits per heavy atom. The summed E-state index contributed by atoms with van der Waals surface area (Å²) >= 11 is 0. The molecule has 1 aliphatic rings. The van der Waals surface area contributed by atoms with Crippen molar-refractivity contribution in [2.75, 3.05) is 0 Å². The van der Waals surface area contributed by atoms with E-state index in [-0.39, 0.29) is 5.97 Å². The molecule has 1 heterocycles. The quantitative estimate of drug-likeness (QED) is 0.733. The van der Waals surface area contributed by atoms with Gasteiger partial charge in [0, 0.05) is 6.42 Å². The van der Waals surface area contributed by atoms with E-state index >= 15 is 0 Å². The minimum absolute atomic E-state index is 0.249. The van der Waals surface area contributed by atoms with Crippen molar-refractivity contribution in [1.82, 2.24) is 0 Å². The normalized spacial score (nSPS) is 23.1. The second kappa shape index (κ2) is 4.26. The molecule has 3 heteroatoms. The monoisotopic (exact) mass is 220 g/mol. The van der Waals surface area contributed by atoms with Crippen molar-refractivity contribution in [2.24, 2.45) is 0 Å². The van der Waals surface area contributed by atoms with E-state index in [1.54, 1.807) is 0 Å². The van der Waals surface area contributed by atoms with Crippen LogP contribution in [0.25, 0.3) is 0 Å². The Kier molecular flexibility index (Phi) is 2.97. The number of esters is 1. The van der Waals surface area contributed by atoms with Crippen LogP contribution in [0.15, 0.2) is 30.3 Å². The Hall–Kier alpha value is -1.35. The Balaban J connectivity index is 1.90. The van der Waals surface area contributed by atoms with Gasteiger partial charge in [-0.15, -0.1) is 0 Å². The molecule has 0 aromatic heterocycles. The molecule has 0 bridgehead atoms. The molecular formula is C13H16O3. The first-order valence-electron chi connectivity index (χ1n) is 5.45. The first-order valence-corrected chi connectivity index (χ1v) is 5.45. The summed E-state index contributed by atoms with van der Waals surface area (Å²) in [5, 5.41) is 0. The minimum Gasteiger partial charge on any atom is -0.458 e. The van der Waals surface area contributed by atoms with Gasteiger partial charge < -0.3 is 9.47 Å². The minimum atomic E-state index is -0.421. The van der Waals surface area contributed by atoms with Gasteiger partial charge in [0.1, 0.15) is 5.60 Å². The summed E-state index contributed by atoms with van der Waals surface area (Å²) in [5.74, 6) is -0.249. The van der Waals surface area contributed by atoms with Crippen LogP contribution in [-0.4, -0.2) is 17.7 Å². The van der Waals surface area contributed by atoms with Gasteiger partial charge in [0.25, 0.3) is 0 Å². The largest absolute Gasteiger partial charge is 0.458 e. The molecule has 1 unspecified atom stereocenters. The second-order valence-corrected chi connectivity index (χ2v) is 4.67. The van der Waals surface area contributed by atoms with Gasteiger partial charge in [-0.1, -0.05) is 30.3 Å². The zero-order valence-electron chi connectivity index (χ0n) is 9.60. The van der Waals surface area contributed by atoms with Crippen molar-refractivity contribution in [2.45, 2.75) is 38.6 Å². The lowest BCUT2D eigenvalue weighted by molar-refractivity contribution is -0.153. The molecule has 1 aromatic carbocycles. The highest BCUT2D eigenvalue weighted by Crippen LogP contribution is 2.28. The average Bonchev–Trinajstić information content (AvgIpc) is 2.50. The van der Waals surface area contributed by atoms with Crippen LogP contribution in [-0.2, 0) is 20.9 Å². The fourth-order valence-corrected chi connectivity index (χ4v) is 1.81. The van der Waals surface area contributed by atoms with Gasteiger partial charge in [-0.2, -0.15) is 0 Å². The number of cyclic esters (lactones) is 1.